The smallest absolute Gasteiger partial charge is 0.244 e. The van der Waals surface area contributed by atoms with Gasteiger partial charge in [-0.3, -0.25) is 4.79 Å². The molecule has 1 heterocycles. The van der Waals surface area contributed by atoms with Gasteiger partial charge in [-0.05, 0) is 25.0 Å². The predicted molar refractivity (Wildman–Crippen MR) is 69.8 cm³/mol. The van der Waals surface area contributed by atoms with E-state index in [1.54, 1.807) is 19.0 Å². The lowest BCUT2D eigenvalue weighted by Gasteiger charge is -2.29. The fourth-order valence-electron chi connectivity index (χ4n) is 2.44. The summed E-state index contributed by atoms with van der Waals surface area (Å²) in [6.07, 6.45) is 1.37. The zero-order valence-corrected chi connectivity index (χ0v) is 11.0. The van der Waals surface area contributed by atoms with E-state index in [-0.39, 0.29) is 17.3 Å². The van der Waals surface area contributed by atoms with E-state index in [9.17, 15) is 13.6 Å². The van der Waals surface area contributed by atoms with Crippen LogP contribution in [0.1, 0.15) is 12.8 Å². The third kappa shape index (κ3) is 2.34. The van der Waals surface area contributed by atoms with Gasteiger partial charge in [-0.15, -0.1) is 0 Å². The Kier molecular flexibility index (Phi) is 3.59. The SMILES string of the molecule is CN(C)C(=O)C1CCCN1c1c(N)ccc(F)c1F. The van der Waals surface area contributed by atoms with Gasteiger partial charge in [0.15, 0.2) is 11.6 Å². The molecule has 1 aliphatic heterocycles. The van der Waals surface area contributed by atoms with Gasteiger partial charge in [0.25, 0.3) is 0 Å². The van der Waals surface area contributed by atoms with Crippen LogP contribution in [0, 0.1) is 11.6 Å². The van der Waals surface area contributed by atoms with E-state index in [1.807, 2.05) is 0 Å². The summed E-state index contributed by atoms with van der Waals surface area (Å²) in [5.74, 6) is -2.06. The summed E-state index contributed by atoms with van der Waals surface area (Å²) in [7, 11) is 3.29. The molecule has 1 fully saturated rings. The van der Waals surface area contributed by atoms with Crippen molar-refractivity contribution >= 4 is 17.3 Å². The lowest BCUT2D eigenvalue weighted by molar-refractivity contribution is -0.129. The Morgan fingerprint density at radius 3 is 2.74 bits per heavy atom. The number of hydrogen-bond donors (Lipinski definition) is 1. The van der Waals surface area contributed by atoms with Gasteiger partial charge >= 0.3 is 0 Å². The van der Waals surface area contributed by atoms with Gasteiger partial charge < -0.3 is 15.5 Å². The minimum Gasteiger partial charge on any atom is -0.397 e. The topological polar surface area (TPSA) is 49.6 Å². The number of nitrogen functional groups attached to an aromatic ring is 1. The predicted octanol–water partition coefficient (Wildman–Crippen LogP) is 1.60. The van der Waals surface area contributed by atoms with E-state index in [1.165, 1.54) is 11.0 Å². The summed E-state index contributed by atoms with van der Waals surface area (Å²) in [6.45, 7) is 0.495. The third-order valence-electron chi connectivity index (χ3n) is 3.37. The van der Waals surface area contributed by atoms with Crippen LogP contribution in [0.4, 0.5) is 20.2 Å². The van der Waals surface area contributed by atoms with Crippen LogP contribution in [0.25, 0.3) is 0 Å². The van der Waals surface area contributed by atoms with Crippen molar-refractivity contribution in [2.24, 2.45) is 0 Å². The molecule has 1 aromatic rings. The van der Waals surface area contributed by atoms with Crippen molar-refractivity contribution in [1.29, 1.82) is 0 Å². The Labute approximate surface area is 110 Å². The van der Waals surface area contributed by atoms with Crippen molar-refractivity contribution in [3.8, 4) is 0 Å². The number of carbonyl (C=O) groups excluding carboxylic acids is 1. The number of nitrogens with two attached hydrogens (primary N) is 1. The van der Waals surface area contributed by atoms with Crippen LogP contribution >= 0.6 is 0 Å². The highest BCUT2D eigenvalue weighted by molar-refractivity contribution is 5.87. The van der Waals surface area contributed by atoms with Gasteiger partial charge in [-0.25, -0.2) is 8.78 Å². The second-order valence-corrected chi connectivity index (χ2v) is 4.88. The van der Waals surface area contributed by atoms with Gasteiger partial charge in [0.1, 0.15) is 11.7 Å². The first-order valence-electron chi connectivity index (χ1n) is 6.14. The van der Waals surface area contributed by atoms with Gasteiger partial charge in [-0.1, -0.05) is 0 Å². The second-order valence-electron chi connectivity index (χ2n) is 4.88. The minimum atomic E-state index is -0.988. The van der Waals surface area contributed by atoms with Crippen LogP contribution < -0.4 is 10.6 Å². The molecule has 0 spiro atoms. The van der Waals surface area contributed by atoms with E-state index in [2.05, 4.69) is 0 Å². The third-order valence-corrected chi connectivity index (χ3v) is 3.37. The van der Waals surface area contributed by atoms with Crippen LogP contribution in [0.5, 0.6) is 0 Å². The molecule has 4 nitrogen and oxygen atoms in total. The molecule has 0 radical (unpaired) electrons. The molecule has 1 unspecified atom stereocenters. The van der Waals surface area contributed by atoms with Gasteiger partial charge in [0, 0.05) is 20.6 Å². The molecular weight excluding hydrogens is 252 g/mol. The van der Waals surface area contributed by atoms with Crippen molar-refractivity contribution < 1.29 is 13.6 Å². The standard InChI is InChI=1S/C13H17F2N3O/c1-17(2)13(19)10-4-3-7-18(10)12-9(16)6-5-8(14)11(12)15/h5-6,10H,3-4,7,16H2,1-2H3. The van der Waals surface area contributed by atoms with Crippen LogP contribution in [-0.2, 0) is 4.79 Å². The number of benzene rings is 1. The number of likely N-dealkylation sites (N-methyl/N-ethyl adjacent to an activating group) is 1. The molecule has 6 heteroatoms. The van der Waals surface area contributed by atoms with Gasteiger partial charge in [0.2, 0.25) is 5.91 Å². The molecule has 19 heavy (non-hydrogen) atoms. The Balaban J connectivity index is 2.41. The summed E-state index contributed by atoms with van der Waals surface area (Å²) in [5.41, 5.74) is 5.88. The molecule has 1 aromatic carbocycles. The fraction of sp³-hybridized carbons (Fsp3) is 0.462. The number of carbonyl (C=O) groups is 1. The van der Waals surface area contributed by atoms with E-state index in [0.29, 0.717) is 13.0 Å². The van der Waals surface area contributed by atoms with E-state index < -0.39 is 17.7 Å². The average Bonchev–Trinajstić information content (AvgIpc) is 2.82. The quantitative estimate of drug-likeness (QED) is 0.830. The summed E-state index contributed by atoms with van der Waals surface area (Å²) in [5, 5.41) is 0. The van der Waals surface area contributed by atoms with Crippen LogP contribution in [0.3, 0.4) is 0 Å². The fourth-order valence-corrected chi connectivity index (χ4v) is 2.44. The Bertz CT molecular complexity index is 505. The first-order valence-corrected chi connectivity index (χ1v) is 6.14. The molecule has 0 bridgehead atoms. The molecule has 0 saturated carbocycles. The highest BCUT2D eigenvalue weighted by Crippen LogP contribution is 2.34. The summed E-state index contributed by atoms with van der Waals surface area (Å²) < 4.78 is 27.3. The normalized spacial score (nSPS) is 18.7. The van der Waals surface area contributed by atoms with Crippen molar-refractivity contribution in [3.63, 3.8) is 0 Å². The second kappa shape index (κ2) is 5.03. The first-order chi connectivity index (χ1) is 8.93. The maximum atomic E-state index is 13.9. The molecule has 1 aliphatic rings. The molecule has 104 valence electrons. The lowest BCUT2D eigenvalue weighted by Crippen LogP contribution is -2.43. The zero-order chi connectivity index (χ0) is 14.2. The monoisotopic (exact) mass is 269 g/mol. The van der Waals surface area contributed by atoms with E-state index in [0.717, 1.165) is 12.5 Å². The molecule has 0 aliphatic carbocycles. The highest BCUT2D eigenvalue weighted by atomic mass is 19.2. The van der Waals surface area contributed by atoms with Crippen molar-refractivity contribution in [3.05, 3.63) is 23.8 Å². The Morgan fingerprint density at radius 1 is 1.42 bits per heavy atom. The maximum Gasteiger partial charge on any atom is 0.244 e. The summed E-state index contributed by atoms with van der Waals surface area (Å²) in [6, 6.07) is 1.84. The van der Waals surface area contributed by atoms with E-state index in [4.69, 9.17) is 5.73 Å². The van der Waals surface area contributed by atoms with Crippen molar-refractivity contribution in [1.82, 2.24) is 4.90 Å². The number of halogens is 2. The summed E-state index contributed by atoms with van der Waals surface area (Å²) in [4.78, 5) is 15.1. The Morgan fingerprint density at radius 2 is 2.11 bits per heavy atom. The van der Waals surface area contributed by atoms with Gasteiger partial charge in [0.05, 0.1) is 5.69 Å². The number of amides is 1. The van der Waals surface area contributed by atoms with Crippen LogP contribution in [-0.4, -0.2) is 37.5 Å². The van der Waals surface area contributed by atoms with Crippen molar-refractivity contribution in [2.75, 3.05) is 31.3 Å². The molecule has 0 aromatic heterocycles. The molecule has 1 atom stereocenters. The molecule has 2 N–H and O–H groups in total. The molecule has 2 rings (SSSR count). The number of anilines is 2. The zero-order valence-electron chi connectivity index (χ0n) is 11.0. The van der Waals surface area contributed by atoms with Crippen LogP contribution in [0.15, 0.2) is 12.1 Å². The molecule has 1 saturated heterocycles. The number of nitrogens with zero attached hydrogens (tertiary/aromatic N) is 2. The van der Waals surface area contributed by atoms with E-state index >= 15 is 0 Å². The average molecular weight is 269 g/mol. The molecule has 1 amide bonds. The van der Waals surface area contributed by atoms with Crippen LogP contribution in [0.2, 0.25) is 0 Å². The number of rotatable bonds is 2. The molecular formula is C13H17F2N3O. The lowest BCUT2D eigenvalue weighted by atomic mass is 10.1. The Hall–Kier alpha value is -1.85. The largest absolute Gasteiger partial charge is 0.397 e. The summed E-state index contributed by atoms with van der Waals surface area (Å²) >= 11 is 0. The van der Waals surface area contributed by atoms with Crippen molar-refractivity contribution in [2.45, 2.75) is 18.9 Å². The number of hydrogen-bond acceptors (Lipinski definition) is 3. The maximum absolute atomic E-state index is 13.9. The first kappa shape index (κ1) is 13.6. The van der Waals surface area contributed by atoms with Gasteiger partial charge in [-0.2, -0.15) is 0 Å². The minimum absolute atomic E-state index is 0.00213. The highest BCUT2D eigenvalue weighted by Gasteiger charge is 2.34.